The van der Waals surface area contributed by atoms with Crippen LogP contribution in [-0.4, -0.2) is 42.1 Å². The lowest BCUT2D eigenvalue weighted by Gasteiger charge is -2.38. The van der Waals surface area contributed by atoms with Crippen LogP contribution in [0.5, 0.6) is 5.75 Å². The van der Waals surface area contributed by atoms with Crippen LogP contribution in [0.1, 0.15) is 30.1 Å². The van der Waals surface area contributed by atoms with Crippen LogP contribution in [-0.2, 0) is 6.42 Å². The number of aromatic nitrogens is 1. The maximum Gasteiger partial charge on any atom is 0.140 e. The maximum absolute atomic E-state index is 6.40. The summed E-state index contributed by atoms with van der Waals surface area (Å²) >= 11 is 5.91. The number of piperidine rings is 1. The van der Waals surface area contributed by atoms with Crippen molar-refractivity contribution < 1.29 is 4.74 Å². The van der Waals surface area contributed by atoms with E-state index in [2.05, 4.69) is 46.5 Å². The van der Waals surface area contributed by atoms with Crippen molar-refractivity contribution >= 4 is 11.6 Å². The minimum Gasteiger partial charge on any atom is -0.482 e. The van der Waals surface area contributed by atoms with Crippen molar-refractivity contribution in [2.24, 2.45) is 0 Å². The maximum atomic E-state index is 6.40. The number of ether oxygens (including phenoxy) is 1. The van der Waals surface area contributed by atoms with Crippen molar-refractivity contribution in [1.29, 1.82) is 0 Å². The summed E-state index contributed by atoms with van der Waals surface area (Å²) in [6, 6.07) is 13.2. The van der Waals surface area contributed by atoms with Crippen LogP contribution in [0.15, 0.2) is 42.6 Å². The van der Waals surface area contributed by atoms with Gasteiger partial charge in [-0.1, -0.05) is 35.9 Å². The van der Waals surface area contributed by atoms with Gasteiger partial charge < -0.3 is 10.1 Å². The van der Waals surface area contributed by atoms with E-state index in [4.69, 9.17) is 16.3 Å². The van der Waals surface area contributed by atoms with Crippen molar-refractivity contribution in [2.45, 2.75) is 37.5 Å². The molecule has 1 saturated heterocycles. The highest BCUT2D eigenvalue weighted by Gasteiger charge is 2.39. The molecule has 0 amide bonds. The summed E-state index contributed by atoms with van der Waals surface area (Å²) in [4.78, 5) is 6.67. The molecule has 132 valence electrons. The lowest BCUT2D eigenvalue weighted by molar-refractivity contribution is 0.0588. The van der Waals surface area contributed by atoms with Gasteiger partial charge in [-0.3, -0.25) is 4.90 Å². The van der Waals surface area contributed by atoms with Gasteiger partial charge in [-0.2, -0.15) is 0 Å². The molecule has 0 radical (unpaired) electrons. The first-order valence-electron chi connectivity index (χ1n) is 9.01. The second-order valence-electron chi connectivity index (χ2n) is 6.99. The Labute approximate surface area is 154 Å². The molecule has 1 aliphatic heterocycles. The molecular formula is C20H24ClN3O. The first-order valence-corrected chi connectivity index (χ1v) is 9.39. The van der Waals surface area contributed by atoms with E-state index in [0.29, 0.717) is 17.2 Å². The summed E-state index contributed by atoms with van der Waals surface area (Å²) < 4.78 is 6.40. The Morgan fingerprint density at radius 1 is 1.24 bits per heavy atom. The third-order valence-electron chi connectivity index (χ3n) is 5.47. The van der Waals surface area contributed by atoms with E-state index in [1.165, 1.54) is 24.0 Å². The van der Waals surface area contributed by atoms with Gasteiger partial charge in [-0.25, -0.2) is 4.98 Å². The number of fused-ring (bicyclic) bond motifs is 1. The lowest BCUT2D eigenvalue weighted by atomic mass is 10.0. The quantitative estimate of drug-likeness (QED) is 0.850. The van der Waals surface area contributed by atoms with Gasteiger partial charge in [0.05, 0.1) is 12.2 Å². The van der Waals surface area contributed by atoms with Gasteiger partial charge in [-0.05, 0) is 56.1 Å². The fourth-order valence-electron chi connectivity index (χ4n) is 4.07. The number of nitrogens with zero attached hydrogens (tertiary/aromatic N) is 2. The fraction of sp³-hybridized carbons (Fsp3) is 0.450. The summed E-state index contributed by atoms with van der Waals surface area (Å²) in [7, 11) is 2.24. The van der Waals surface area contributed by atoms with Crippen molar-refractivity contribution in [3.05, 3.63) is 58.9 Å². The minimum absolute atomic E-state index is 0.0195. The van der Waals surface area contributed by atoms with Crippen LogP contribution in [0.3, 0.4) is 0 Å². The molecule has 1 aliphatic carbocycles. The predicted molar refractivity (Wildman–Crippen MR) is 100 cm³/mol. The first kappa shape index (κ1) is 16.8. The van der Waals surface area contributed by atoms with Gasteiger partial charge in [0.15, 0.2) is 0 Å². The van der Waals surface area contributed by atoms with E-state index >= 15 is 0 Å². The van der Waals surface area contributed by atoms with Crippen LogP contribution >= 0.6 is 11.6 Å². The number of likely N-dealkylation sites (N-methyl/N-ethyl adjacent to an activating group) is 1. The van der Waals surface area contributed by atoms with Crippen LogP contribution in [0, 0.1) is 0 Å². The Bertz CT molecular complexity index is 715. The number of rotatable bonds is 4. The molecule has 2 aromatic rings. The Morgan fingerprint density at radius 2 is 2.12 bits per heavy atom. The molecule has 0 saturated carbocycles. The molecule has 0 spiro atoms. The summed E-state index contributed by atoms with van der Waals surface area (Å²) in [6.45, 7) is 2.18. The zero-order valence-corrected chi connectivity index (χ0v) is 15.2. The minimum atomic E-state index is 0.0195. The van der Waals surface area contributed by atoms with Crippen molar-refractivity contribution in [3.63, 3.8) is 0 Å². The van der Waals surface area contributed by atoms with Crippen LogP contribution < -0.4 is 10.1 Å². The number of hydrogen-bond acceptors (Lipinski definition) is 4. The van der Waals surface area contributed by atoms with Crippen LogP contribution in [0.25, 0.3) is 0 Å². The molecule has 4 rings (SSSR count). The van der Waals surface area contributed by atoms with Gasteiger partial charge in [0, 0.05) is 12.6 Å². The molecule has 2 aliphatic rings. The third-order valence-corrected chi connectivity index (χ3v) is 5.70. The normalized spacial score (nSPS) is 25.8. The smallest absolute Gasteiger partial charge is 0.140 e. The molecule has 1 N–H and O–H groups in total. The number of nitrogens with one attached hydrogen (secondary N) is 1. The highest BCUT2D eigenvalue weighted by atomic mass is 35.5. The van der Waals surface area contributed by atoms with E-state index in [9.17, 15) is 0 Å². The monoisotopic (exact) mass is 357 g/mol. The topological polar surface area (TPSA) is 37.4 Å². The number of hydrogen-bond donors (Lipinski definition) is 1. The molecule has 4 nitrogen and oxygen atoms in total. The number of pyridine rings is 1. The predicted octanol–water partition coefficient (Wildman–Crippen LogP) is 3.46. The zero-order chi connectivity index (χ0) is 17.2. The number of benzene rings is 1. The van der Waals surface area contributed by atoms with E-state index in [-0.39, 0.29) is 6.10 Å². The van der Waals surface area contributed by atoms with Crippen molar-refractivity contribution in [3.8, 4) is 5.75 Å². The average molecular weight is 358 g/mol. The van der Waals surface area contributed by atoms with Gasteiger partial charge in [-0.15, -0.1) is 0 Å². The van der Waals surface area contributed by atoms with E-state index < -0.39 is 0 Å². The summed E-state index contributed by atoms with van der Waals surface area (Å²) in [5, 5.41) is 4.01. The molecule has 1 aromatic carbocycles. The van der Waals surface area contributed by atoms with E-state index in [0.717, 1.165) is 25.3 Å². The molecule has 1 aromatic heterocycles. The van der Waals surface area contributed by atoms with Crippen LogP contribution in [0.2, 0.25) is 5.15 Å². The summed E-state index contributed by atoms with van der Waals surface area (Å²) in [5.74, 6) is 0.770. The highest BCUT2D eigenvalue weighted by Crippen LogP contribution is 2.38. The SMILES string of the molecule is CN(C1CCCNC1)[C@@H]1Cc2ccccc2C1Oc1ccc(Cl)nc1. The Kier molecular flexibility index (Phi) is 4.93. The summed E-state index contributed by atoms with van der Waals surface area (Å²) in [6.07, 6.45) is 5.23. The van der Waals surface area contributed by atoms with Crippen LogP contribution in [0.4, 0.5) is 0 Å². The highest BCUT2D eigenvalue weighted by molar-refractivity contribution is 6.29. The lowest BCUT2D eigenvalue weighted by Crippen LogP contribution is -2.50. The Balaban J connectivity index is 1.59. The second-order valence-corrected chi connectivity index (χ2v) is 7.38. The third kappa shape index (κ3) is 3.52. The molecular weight excluding hydrogens is 334 g/mol. The second kappa shape index (κ2) is 7.32. The first-order chi connectivity index (χ1) is 12.2. The summed E-state index contributed by atoms with van der Waals surface area (Å²) in [5.41, 5.74) is 2.67. The average Bonchev–Trinajstić information content (AvgIpc) is 3.02. The van der Waals surface area contributed by atoms with E-state index in [1.54, 1.807) is 12.3 Å². The van der Waals surface area contributed by atoms with Gasteiger partial charge in [0.1, 0.15) is 17.0 Å². The molecule has 2 unspecified atom stereocenters. The Hall–Kier alpha value is -1.62. The molecule has 0 bridgehead atoms. The zero-order valence-electron chi connectivity index (χ0n) is 14.5. The van der Waals surface area contributed by atoms with Crippen molar-refractivity contribution in [2.75, 3.05) is 20.1 Å². The van der Waals surface area contributed by atoms with Gasteiger partial charge in [0.25, 0.3) is 0 Å². The van der Waals surface area contributed by atoms with E-state index in [1.807, 2.05) is 6.07 Å². The molecule has 25 heavy (non-hydrogen) atoms. The molecule has 5 heteroatoms. The standard InChI is InChI=1S/C20H24ClN3O/c1-24(15-6-4-10-22-12-15)18-11-14-5-2-3-7-17(14)20(18)25-16-8-9-19(21)23-13-16/h2-3,5,7-9,13,15,18,20,22H,4,6,10-12H2,1H3/t15?,18-,20?/m1/s1. The molecule has 1 fully saturated rings. The fourth-order valence-corrected chi connectivity index (χ4v) is 4.18. The molecule has 2 heterocycles. The van der Waals surface area contributed by atoms with Crippen molar-refractivity contribution in [1.82, 2.24) is 15.2 Å². The van der Waals surface area contributed by atoms with Gasteiger partial charge >= 0.3 is 0 Å². The molecule has 3 atom stereocenters. The largest absolute Gasteiger partial charge is 0.482 e. The Morgan fingerprint density at radius 3 is 2.88 bits per heavy atom. The number of halogens is 1. The van der Waals surface area contributed by atoms with Gasteiger partial charge in [0.2, 0.25) is 0 Å².